The molecule has 7 heteroatoms. The number of allylic oxidation sites excluding steroid dienone is 4. The molecule has 3 aromatic carbocycles. The second-order valence-electron chi connectivity index (χ2n) is 9.11. The molecule has 0 amide bonds. The van der Waals surface area contributed by atoms with Crippen molar-refractivity contribution in [2.75, 3.05) is 6.61 Å². The van der Waals surface area contributed by atoms with Gasteiger partial charge in [-0.15, -0.1) is 71.0 Å². The van der Waals surface area contributed by atoms with Crippen LogP contribution in [-0.2, 0) is 27.8 Å². The van der Waals surface area contributed by atoms with E-state index in [0.29, 0.717) is 0 Å². The Kier molecular flexibility index (Phi) is 20.5. The van der Waals surface area contributed by atoms with E-state index in [4.69, 9.17) is 4.43 Å². The van der Waals surface area contributed by atoms with Gasteiger partial charge in [-0.3, -0.25) is 6.08 Å². The third-order valence-corrected chi connectivity index (χ3v) is 9.53. The van der Waals surface area contributed by atoms with Gasteiger partial charge in [-0.2, -0.15) is 6.08 Å². The van der Waals surface area contributed by atoms with Crippen molar-refractivity contribution in [1.29, 1.82) is 0 Å². The summed E-state index contributed by atoms with van der Waals surface area (Å²) in [6, 6.07) is 20.5. The predicted octanol–water partition coefficient (Wildman–Crippen LogP) is 8.85. The molecule has 34 heavy (non-hydrogen) atoms. The van der Waals surface area contributed by atoms with Gasteiger partial charge in [-0.25, -0.2) is 11.3 Å². The summed E-state index contributed by atoms with van der Waals surface area (Å²) in [7, 11) is -2.58. The zero-order valence-corrected chi connectivity index (χ0v) is 28.8. The van der Waals surface area contributed by atoms with Gasteiger partial charge in [-0.1, -0.05) is 49.5 Å². The normalized spacial score (nSPS) is 11.8. The van der Waals surface area contributed by atoms with Gasteiger partial charge in [0, 0.05) is 14.7 Å². The quantitative estimate of drug-likeness (QED) is 0.203. The number of fused-ring (bicyclic) bond motifs is 3. The molecule has 4 rings (SSSR count). The van der Waals surface area contributed by atoms with E-state index < -0.39 is 16.4 Å². The first-order chi connectivity index (χ1) is 14.3. The summed E-state index contributed by atoms with van der Waals surface area (Å²) < 4.78 is 5.93. The maximum atomic E-state index is 5.93. The monoisotopic (exact) mass is 624 g/mol. The minimum absolute atomic E-state index is 0. The third-order valence-electron chi connectivity index (χ3n) is 5.21. The summed E-state index contributed by atoms with van der Waals surface area (Å²) in [5, 5.41) is 6.88. The summed E-state index contributed by atoms with van der Waals surface area (Å²) in [5.41, 5.74) is 0. The molecule has 0 atom stereocenters. The summed E-state index contributed by atoms with van der Waals surface area (Å²) in [6.45, 7) is 15.6. The Hall–Kier alpha value is -0.136. The smallest absolute Gasteiger partial charge is 0.0771 e. The van der Waals surface area contributed by atoms with Gasteiger partial charge >= 0.3 is 30.2 Å². The number of benzene rings is 2. The minimum Gasteiger partial charge on any atom is -0.126 e. The van der Waals surface area contributed by atoms with Gasteiger partial charge in [0.25, 0.3) is 0 Å². The van der Waals surface area contributed by atoms with Crippen molar-refractivity contribution in [3.05, 3.63) is 92.9 Å². The van der Waals surface area contributed by atoms with Crippen LogP contribution in [0, 0.1) is 20.9 Å². The molecule has 0 aromatic heterocycles. The number of hydrogen-bond acceptors (Lipinski definition) is 1. The van der Waals surface area contributed by atoms with Crippen molar-refractivity contribution in [2.45, 2.75) is 45.2 Å². The van der Waals surface area contributed by atoms with Crippen molar-refractivity contribution < 1.29 is 27.8 Å². The first-order valence-corrected chi connectivity index (χ1v) is 21.3. The maximum Gasteiger partial charge on any atom is -0.0771 e. The topological polar surface area (TPSA) is 9.23 Å². The zero-order valence-electron chi connectivity index (χ0n) is 21.7. The zero-order chi connectivity index (χ0) is 22.2. The first-order valence-electron chi connectivity index (χ1n) is 10.5. The largest absolute Gasteiger partial charge is 0.126 e. The predicted molar refractivity (Wildman–Crippen MR) is 162 cm³/mol. The van der Waals surface area contributed by atoms with Crippen LogP contribution in [-0.4, -0.2) is 29.9 Å². The van der Waals surface area contributed by atoms with E-state index in [9.17, 15) is 0 Å². The summed E-state index contributed by atoms with van der Waals surface area (Å²) in [6.07, 6.45) is 8.96. The Bertz CT molecular complexity index is 973. The number of halogens is 2. The minimum atomic E-state index is -1.32. The van der Waals surface area contributed by atoms with E-state index in [1.165, 1.54) is 56.1 Å². The summed E-state index contributed by atoms with van der Waals surface area (Å²) >= 11 is 1.36. The maximum absolute atomic E-state index is 5.93. The van der Waals surface area contributed by atoms with Crippen LogP contribution in [0.1, 0.15) is 6.42 Å². The van der Waals surface area contributed by atoms with Crippen LogP contribution in [0.3, 0.4) is 0 Å². The fourth-order valence-corrected chi connectivity index (χ4v) is 6.47. The van der Waals surface area contributed by atoms with Crippen molar-refractivity contribution in [3.63, 3.8) is 0 Å². The van der Waals surface area contributed by atoms with Gasteiger partial charge in [0.15, 0.2) is 8.32 Å². The van der Waals surface area contributed by atoms with Crippen LogP contribution >= 0.6 is 24.8 Å². The first kappa shape index (κ1) is 38.4. The molecule has 1 aliphatic rings. The molecular weight excluding hydrogens is 587 g/mol. The molecule has 0 unspecified atom stereocenters. The van der Waals surface area contributed by atoms with Crippen molar-refractivity contribution in [2.24, 2.45) is 0 Å². The number of hydrogen-bond donors (Lipinski definition) is 0. The van der Waals surface area contributed by atoms with Crippen LogP contribution in [0.25, 0.3) is 21.5 Å². The standard InChI is InChI=1S/C13H9.C12H23OSi2.2CH3.2ClH.Si.Zr/c1-3-7-12-10(5-1)9-11-6-2-4-8-13(11)12;1-14(2,3)13-10-11-15(4,5)12-8-6-7-9-12;;;;;;/h1-9H;6,8H,7,10-11H2,1-5H3;2*1H3;2*1H;;/q4*-1;;;;. The molecule has 0 aliphatic heterocycles. The van der Waals surface area contributed by atoms with Gasteiger partial charge in [-0.05, 0) is 25.7 Å². The third kappa shape index (κ3) is 11.7. The van der Waals surface area contributed by atoms with E-state index in [1.54, 1.807) is 0 Å². The number of rotatable bonds is 5. The second-order valence-corrected chi connectivity index (χ2v) is 18.4. The van der Waals surface area contributed by atoms with E-state index in [1.807, 2.05) is 0 Å². The van der Waals surface area contributed by atoms with Crippen LogP contribution in [0.5, 0.6) is 0 Å². The fraction of sp³-hybridized carbons (Fsp3) is 0.296. The Morgan fingerprint density at radius 3 is 1.76 bits per heavy atom. The van der Waals surface area contributed by atoms with Crippen LogP contribution in [0.4, 0.5) is 0 Å². The molecule has 0 saturated heterocycles. The van der Waals surface area contributed by atoms with E-state index in [2.05, 4.69) is 112 Å². The van der Waals surface area contributed by atoms with Gasteiger partial charge in [0.05, 0.1) is 0 Å². The Morgan fingerprint density at radius 2 is 1.35 bits per heavy atom. The van der Waals surface area contributed by atoms with Crippen molar-refractivity contribution in [3.8, 4) is 0 Å². The van der Waals surface area contributed by atoms with E-state index in [0.717, 1.165) is 13.0 Å². The molecule has 0 bridgehead atoms. The molecule has 0 heterocycles. The molecule has 0 spiro atoms. The molecule has 3 aromatic rings. The molecule has 0 N–H and O–H groups in total. The molecular formula is C27H40Cl2OSi3Zr-4. The van der Waals surface area contributed by atoms with Crippen LogP contribution in [0.2, 0.25) is 38.8 Å². The SMILES string of the molecule is C[Si](C)(C)OCC[Si](C)(C)C1=[C-]CC=C1.Cl.Cl.[CH3-].[CH3-].[Si]=[Zr].c1ccc2c(c1)[cH-]c1ccccc12. The molecule has 1 aliphatic carbocycles. The van der Waals surface area contributed by atoms with Crippen molar-refractivity contribution >= 4 is 69.6 Å². The van der Waals surface area contributed by atoms with Gasteiger partial charge in [0.2, 0.25) is 0 Å². The average Bonchev–Trinajstić information content (AvgIpc) is 3.37. The summed E-state index contributed by atoms with van der Waals surface area (Å²) in [5.74, 6) is 0. The molecule has 1 nitrogen and oxygen atoms in total. The molecule has 0 saturated carbocycles. The average molecular weight is 627 g/mol. The fourth-order valence-electron chi connectivity index (χ4n) is 3.52. The molecule has 188 valence electrons. The Labute approximate surface area is 240 Å². The van der Waals surface area contributed by atoms with Crippen LogP contribution in [0.15, 0.2) is 71.9 Å². The second kappa shape index (κ2) is 18.2. The van der Waals surface area contributed by atoms with Crippen LogP contribution < -0.4 is 0 Å². The summed E-state index contributed by atoms with van der Waals surface area (Å²) in [4.78, 5) is 0. The molecule has 2 radical (unpaired) electrons. The Balaban J connectivity index is -0.000000476. The Morgan fingerprint density at radius 1 is 0.882 bits per heavy atom. The van der Waals surface area contributed by atoms with Gasteiger partial charge in [0.1, 0.15) is 0 Å². The van der Waals surface area contributed by atoms with Crippen molar-refractivity contribution in [1.82, 2.24) is 0 Å². The van der Waals surface area contributed by atoms with E-state index in [-0.39, 0.29) is 39.7 Å². The van der Waals surface area contributed by atoms with Gasteiger partial charge < -0.3 is 19.3 Å². The molecule has 0 fully saturated rings. The van der Waals surface area contributed by atoms with E-state index >= 15 is 0 Å².